The first-order valence-corrected chi connectivity index (χ1v) is 8.78. The van der Waals surface area contributed by atoms with E-state index in [4.69, 9.17) is 5.73 Å². The van der Waals surface area contributed by atoms with Crippen molar-refractivity contribution in [2.45, 2.75) is 32.4 Å². The summed E-state index contributed by atoms with van der Waals surface area (Å²) in [6.07, 6.45) is 6.95. The number of hydrogen-bond donors (Lipinski definition) is 2. The van der Waals surface area contributed by atoms with Crippen molar-refractivity contribution >= 4 is 17.0 Å². The maximum atomic E-state index is 13.4. The fourth-order valence-corrected chi connectivity index (χ4v) is 3.35. The summed E-state index contributed by atoms with van der Waals surface area (Å²) in [5.74, 6) is 0.219. The minimum atomic E-state index is -0.463. The fourth-order valence-electron chi connectivity index (χ4n) is 3.35. The monoisotopic (exact) mass is 355 g/mol. The van der Waals surface area contributed by atoms with Crippen molar-refractivity contribution in [2.75, 3.05) is 18.4 Å². The van der Waals surface area contributed by atoms with Crippen LogP contribution < -0.4 is 11.1 Å². The van der Waals surface area contributed by atoms with Crippen LogP contribution >= 0.6 is 0 Å². The second kappa shape index (κ2) is 6.97. The summed E-state index contributed by atoms with van der Waals surface area (Å²) in [4.78, 5) is 10.6. The molecule has 136 valence electrons. The Hall–Kier alpha value is -2.58. The number of aromatic nitrogens is 4. The average Bonchev–Trinajstić information content (AvgIpc) is 3.04. The third kappa shape index (κ3) is 3.38. The lowest BCUT2D eigenvalue weighted by molar-refractivity contribution is 0.206. The molecule has 0 aliphatic carbocycles. The highest BCUT2D eigenvalue weighted by Crippen LogP contribution is 2.25. The SMILES string of the molecule is Cc1cc(Nc2ncnn3ccc(CN4CCC(N)CC4)c23)cnc1F. The van der Waals surface area contributed by atoms with Crippen LogP contribution in [-0.2, 0) is 6.54 Å². The van der Waals surface area contributed by atoms with Gasteiger partial charge in [-0.3, -0.25) is 4.90 Å². The van der Waals surface area contributed by atoms with Gasteiger partial charge in [-0.15, -0.1) is 0 Å². The summed E-state index contributed by atoms with van der Waals surface area (Å²) in [5.41, 5.74) is 9.25. The van der Waals surface area contributed by atoms with Gasteiger partial charge in [-0.1, -0.05) is 0 Å². The maximum absolute atomic E-state index is 13.4. The minimum absolute atomic E-state index is 0.312. The van der Waals surface area contributed by atoms with Crippen molar-refractivity contribution in [3.05, 3.63) is 47.9 Å². The number of anilines is 2. The second-order valence-corrected chi connectivity index (χ2v) is 6.81. The summed E-state index contributed by atoms with van der Waals surface area (Å²) < 4.78 is 15.2. The number of hydrogen-bond acceptors (Lipinski definition) is 6. The Labute approximate surface area is 151 Å². The first kappa shape index (κ1) is 16.9. The van der Waals surface area contributed by atoms with E-state index in [2.05, 4.69) is 31.3 Å². The third-order valence-electron chi connectivity index (χ3n) is 4.84. The highest BCUT2D eigenvalue weighted by atomic mass is 19.1. The van der Waals surface area contributed by atoms with Gasteiger partial charge >= 0.3 is 0 Å². The molecule has 0 bridgehead atoms. The van der Waals surface area contributed by atoms with Crippen LogP contribution in [0, 0.1) is 12.9 Å². The number of nitrogens with one attached hydrogen (secondary N) is 1. The van der Waals surface area contributed by atoms with Crippen LogP contribution in [0.25, 0.3) is 5.52 Å². The molecule has 0 amide bonds. The van der Waals surface area contributed by atoms with Gasteiger partial charge in [0.15, 0.2) is 5.82 Å². The molecule has 0 radical (unpaired) electrons. The van der Waals surface area contributed by atoms with Crippen molar-refractivity contribution in [1.29, 1.82) is 0 Å². The highest BCUT2D eigenvalue weighted by molar-refractivity contribution is 5.76. The third-order valence-corrected chi connectivity index (χ3v) is 4.84. The number of fused-ring (bicyclic) bond motifs is 1. The molecule has 7 nitrogen and oxygen atoms in total. The van der Waals surface area contributed by atoms with Gasteiger partial charge in [0.1, 0.15) is 11.8 Å². The van der Waals surface area contributed by atoms with Gasteiger partial charge in [0.2, 0.25) is 5.95 Å². The molecule has 0 aromatic carbocycles. The van der Waals surface area contributed by atoms with Crippen LogP contribution in [0.1, 0.15) is 24.0 Å². The fraction of sp³-hybridized carbons (Fsp3) is 0.389. The molecule has 8 heteroatoms. The summed E-state index contributed by atoms with van der Waals surface area (Å²) in [6, 6.07) is 4.10. The minimum Gasteiger partial charge on any atom is -0.337 e. The summed E-state index contributed by atoms with van der Waals surface area (Å²) in [7, 11) is 0. The Morgan fingerprint density at radius 2 is 2.12 bits per heavy atom. The molecule has 3 N–H and O–H groups in total. The Morgan fingerprint density at radius 1 is 1.31 bits per heavy atom. The Bertz CT molecular complexity index is 915. The van der Waals surface area contributed by atoms with E-state index in [-0.39, 0.29) is 0 Å². The molecule has 1 aliphatic rings. The highest BCUT2D eigenvalue weighted by Gasteiger charge is 2.19. The number of nitrogens with two attached hydrogens (primary N) is 1. The smallest absolute Gasteiger partial charge is 0.215 e. The lowest BCUT2D eigenvalue weighted by atomic mass is 10.1. The molecule has 1 aliphatic heterocycles. The normalized spacial score (nSPS) is 16.3. The van der Waals surface area contributed by atoms with Gasteiger partial charge < -0.3 is 11.1 Å². The molecule has 4 heterocycles. The average molecular weight is 355 g/mol. The predicted octanol–water partition coefficient (Wildman–Crippen LogP) is 2.24. The second-order valence-electron chi connectivity index (χ2n) is 6.81. The molecule has 0 unspecified atom stereocenters. The number of halogens is 1. The van der Waals surface area contributed by atoms with E-state index in [0.29, 0.717) is 23.1 Å². The van der Waals surface area contributed by atoms with Crippen molar-refractivity contribution in [2.24, 2.45) is 5.73 Å². The maximum Gasteiger partial charge on any atom is 0.215 e. The molecule has 0 spiro atoms. The first-order chi connectivity index (χ1) is 12.6. The predicted molar refractivity (Wildman–Crippen MR) is 97.7 cm³/mol. The van der Waals surface area contributed by atoms with E-state index in [1.165, 1.54) is 12.5 Å². The van der Waals surface area contributed by atoms with Gasteiger partial charge in [0, 0.05) is 24.3 Å². The van der Waals surface area contributed by atoms with E-state index < -0.39 is 5.95 Å². The van der Waals surface area contributed by atoms with Gasteiger partial charge in [-0.2, -0.15) is 9.49 Å². The largest absolute Gasteiger partial charge is 0.337 e. The lowest BCUT2D eigenvalue weighted by Gasteiger charge is -2.29. The van der Waals surface area contributed by atoms with E-state index in [0.717, 1.165) is 43.6 Å². The zero-order valence-electron chi connectivity index (χ0n) is 14.7. The van der Waals surface area contributed by atoms with Crippen LogP contribution in [0.15, 0.2) is 30.9 Å². The van der Waals surface area contributed by atoms with Crippen molar-refractivity contribution in [3.63, 3.8) is 0 Å². The van der Waals surface area contributed by atoms with Gasteiger partial charge in [0.25, 0.3) is 0 Å². The molecule has 1 saturated heterocycles. The number of likely N-dealkylation sites (tertiary alicyclic amines) is 1. The zero-order valence-corrected chi connectivity index (χ0v) is 14.7. The van der Waals surface area contributed by atoms with Crippen molar-refractivity contribution in [3.8, 4) is 0 Å². The first-order valence-electron chi connectivity index (χ1n) is 8.78. The standard InChI is InChI=1S/C18H22FN7/c1-12-8-15(9-21-17(12)19)24-18-16-13(2-7-26(16)23-11-22-18)10-25-5-3-14(20)4-6-25/h2,7-9,11,14H,3-6,10,20H2,1H3,(H,22,23,24). The van der Waals surface area contributed by atoms with Gasteiger partial charge in [-0.25, -0.2) is 14.5 Å². The van der Waals surface area contributed by atoms with Crippen LogP contribution in [-0.4, -0.2) is 43.6 Å². The molecule has 0 saturated carbocycles. The number of aryl methyl sites for hydroxylation is 1. The molecule has 3 aromatic heterocycles. The van der Waals surface area contributed by atoms with E-state index in [1.54, 1.807) is 13.0 Å². The Morgan fingerprint density at radius 3 is 2.88 bits per heavy atom. The van der Waals surface area contributed by atoms with Crippen LogP contribution in [0.4, 0.5) is 15.9 Å². The molecule has 3 aromatic rings. The number of pyridine rings is 1. The van der Waals surface area contributed by atoms with E-state index in [1.807, 2.05) is 10.7 Å². The summed E-state index contributed by atoms with van der Waals surface area (Å²) in [6.45, 7) is 4.50. The molecule has 0 atom stereocenters. The van der Waals surface area contributed by atoms with Crippen LogP contribution in [0.3, 0.4) is 0 Å². The molecular weight excluding hydrogens is 333 g/mol. The summed E-state index contributed by atoms with van der Waals surface area (Å²) in [5, 5.41) is 7.54. The Balaban J connectivity index is 1.62. The van der Waals surface area contributed by atoms with Crippen LogP contribution in [0.2, 0.25) is 0 Å². The van der Waals surface area contributed by atoms with Gasteiger partial charge in [0.05, 0.1) is 11.9 Å². The van der Waals surface area contributed by atoms with E-state index in [9.17, 15) is 4.39 Å². The Kier molecular flexibility index (Phi) is 4.52. The molecular formula is C18H22FN7. The summed E-state index contributed by atoms with van der Waals surface area (Å²) >= 11 is 0. The van der Waals surface area contributed by atoms with Crippen LogP contribution in [0.5, 0.6) is 0 Å². The van der Waals surface area contributed by atoms with Crippen molar-refractivity contribution in [1.82, 2.24) is 24.5 Å². The number of piperidine rings is 1. The molecule has 4 rings (SSSR count). The molecule has 1 fully saturated rings. The number of nitrogens with zero attached hydrogens (tertiary/aromatic N) is 5. The van der Waals surface area contributed by atoms with Gasteiger partial charge in [-0.05, 0) is 50.6 Å². The topological polar surface area (TPSA) is 84.4 Å². The quantitative estimate of drug-likeness (QED) is 0.698. The van der Waals surface area contributed by atoms with E-state index >= 15 is 0 Å². The van der Waals surface area contributed by atoms with Crippen molar-refractivity contribution < 1.29 is 4.39 Å². The molecule has 26 heavy (non-hydrogen) atoms. The lowest BCUT2D eigenvalue weighted by Crippen LogP contribution is -2.39. The number of rotatable bonds is 4. The zero-order chi connectivity index (χ0) is 18.1.